The lowest BCUT2D eigenvalue weighted by Gasteiger charge is -2.51. The molecule has 2 saturated heterocycles. The maximum Gasteiger partial charge on any atom is 0.327 e. The molecular formula is C18H23N3O6S. The van der Waals surface area contributed by atoms with Gasteiger partial charge in [-0.25, -0.2) is 4.79 Å². The summed E-state index contributed by atoms with van der Waals surface area (Å²) in [5.74, 6) is -2.14. The van der Waals surface area contributed by atoms with Gasteiger partial charge in [0.15, 0.2) is 5.43 Å². The van der Waals surface area contributed by atoms with Crippen LogP contribution in [0.15, 0.2) is 16.9 Å². The van der Waals surface area contributed by atoms with E-state index in [2.05, 4.69) is 5.32 Å². The second-order valence-electron chi connectivity index (χ2n) is 7.57. The fraction of sp³-hybridized carbons (Fsp3) is 0.556. The maximum absolute atomic E-state index is 12.8. The molecule has 0 spiro atoms. The van der Waals surface area contributed by atoms with Gasteiger partial charge in [-0.15, -0.1) is 11.8 Å². The molecule has 0 saturated carbocycles. The molecule has 2 aliphatic heterocycles. The monoisotopic (exact) mass is 409 g/mol. The van der Waals surface area contributed by atoms with E-state index in [9.17, 15) is 24.3 Å². The quantitative estimate of drug-likeness (QED) is 0.522. The Hall–Kier alpha value is -2.33. The Morgan fingerprint density at radius 2 is 1.82 bits per heavy atom. The first-order chi connectivity index (χ1) is 12.9. The van der Waals surface area contributed by atoms with Gasteiger partial charge >= 0.3 is 5.97 Å². The van der Waals surface area contributed by atoms with Crippen molar-refractivity contribution >= 4 is 29.5 Å². The number of pyridine rings is 1. The number of nitrogens with one attached hydrogen (secondary N) is 1. The lowest BCUT2D eigenvalue weighted by atomic mass is 9.93. The Balaban J connectivity index is 1.84. The zero-order valence-electron chi connectivity index (χ0n) is 16.3. The van der Waals surface area contributed by atoms with E-state index >= 15 is 0 Å². The molecule has 10 heteroatoms. The highest BCUT2D eigenvalue weighted by molar-refractivity contribution is 8.01. The van der Waals surface area contributed by atoms with E-state index in [1.165, 1.54) is 35.9 Å². The molecule has 1 aromatic rings. The number of aromatic nitrogens is 1. The summed E-state index contributed by atoms with van der Waals surface area (Å²) in [6.07, 6.45) is 0. The number of rotatable bonds is 5. The summed E-state index contributed by atoms with van der Waals surface area (Å²) in [5.41, 5.74) is -0.510. The van der Waals surface area contributed by atoms with E-state index in [0.29, 0.717) is 11.4 Å². The highest BCUT2D eigenvalue weighted by atomic mass is 32.2. The second-order valence-corrected chi connectivity index (χ2v) is 9.31. The van der Waals surface area contributed by atoms with Gasteiger partial charge in [0.25, 0.3) is 11.6 Å². The minimum absolute atomic E-state index is 0.0977. The van der Waals surface area contributed by atoms with Crippen molar-refractivity contribution in [2.45, 2.75) is 56.1 Å². The molecule has 0 aromatic carbocycles. The predicted molar refractivity (Wildman–Crippen MR) is 102 cm³/mol. The molecule has 3 rings (SSSR count). The van der Waals surface area contributed by atoms with Gasteiger partial charge in [0.05, 0.1) is 0 Å². The summed E-state index contributed by atoms with van der Waals surface area (Å²) in [6, 6.07) is 1.85. The number of β-lactam (4-membered cyclic amide) rings is 1. The average molecular weight is 409 g/mol. The standard InChI is InChI=1S/C18H23N3O6S/c1-9-6-11(22)7-10(2)20(9)8-12(23)19-18(27-5)15(26)21-13(14(24)25)17(3,4)28-16(18)21/h6-7,13,16H,8H2,1-5H3,(H,19,23)(H,24,25)/t13-,16+,18+/m0/s1. The van der Waals surface area contributed by atoms with Crippen LogP contribution in [0.2, 0.25) is 0 Å². The van der Waals surface area contributed by atoms with Gasteiger partial charge in [-0.05, 0) is 27.7 Å². The molecule has 1 aromatic heterocycles. The van der Waals surface area contributed by atoms with Crippen molar-refractivity contribution in [2.75, 3.05) is 7.11 Å². The molecule has 3 heterocycles. The normalized spacial score (nSPS) is 27.9. The van der Waals surface area contributed by atoms with Crippen molar-refractivity contribution in [3.05, 3.63) is 33.7 Å². The Kier molecular flexibility index (Phi) is 4.83. The van der Waals surface area contributed by atoms with E-state index < -0.39 is 39.7 Å². The van der Waals surface area contributed by atoms with E-state index in [-0.39, 0.29) is 12.0 Å². The number of hydrogen-bond acceptors (Lipinski definition) is 6. The number of nitrogens with zero attached hydrogens (tertiary/aromatic N) is 2. The van der Waals surface area contributed by atoms with E-state index in [4.69, 9.17) is 4.74 Å². The number of methoxy groups -OCH3 is 1. The van der Waals surface area contributed by atoms with Crippen molar-refractivity contribution in [2.24, 2.45) is 0 Å². The molecule has 3 atom stereocenters. The highest BCUT2D eigenvalue weighted by Gasteiger charge is 2.73. The van der Waals surface area contributed by atoms with Gasteiger partial charge in [-0.1, -0.05) is 0 Å². The molecule has 152 valence electrons. The van der Waals surface area contributed by atoms with Gasteiger partial charge in [0.2, 0.25) is 5.91 Å². The number of ether oxygens (including phenoxy) is 1. The van der Waals surface area contributed by atoms with Crippen LogP contribution in [0.4, 0.5) is 0 Å². The molecular weight excluding hydrogens is 386 g/mol. The average Bonchev–Trinajstić information content (AvgIpc) is 2.85. The van der Waals surface area contributed by atoms with Gasteiger partial charge in [0, 0.05) is 35.4 Å². The second kappa shape index (κ2) is 6.63. The van der Waals surface area contributed by atoms with E-state index in [0.717, 1.165) is 0 Å². The summed E-state index contributed by atoms with van der Waals surface area (Å²) in [6.45, 7) is 6.84. The Bertz CT molecular complexity index is 900. The molecule has 2 aliphatic rings. The maximum atomic E-state index is 12.8. The molecule has 2 N–H and O–H groups in total. The van der Waals surface area contributed by atoms with Crippen LogP contribution < -0.4 is 10.7 Å². The van der Waals surface area contributed by atoms with Crippen molar-refractivity contribution < 1.29 is 24.2 Å². The molecule has 28 heavy (non-hydrogen) atoms. The minimum atomic E-state index is -1.61. The number of hydrogen-bond donors (Lipinski definition) is 2. The third-order valence-electron chi connectivity index (χ3n) is 5.24. The number of carbonyl (C=O) groups is 3. The Morgan fingerprint density at radius 3 is 2.32 bits per heavy atom. The van der Waals surface area contributed by atoms with Crippen LogP contribution in [0.1, 0.15) is 25.2 Å². The highest BCUT2D eigenvalue weighted by Crippen LogP contribution is 2.55. The number of carbonyl (C=O) groups excluding carboxylic acids is 2. The van der Waals surface area contributed by atoms with Crippen LogP contribution in [0.25, 0.3) is 0 Å². The first kappa shape index (κ1) is 20.4. The summed E-state index contributed by atoms with van der Waals surface area (Å²) >= 11 is 1.28. The van der Waals surface area contributed by atoms with Crippen LogP contribution in [0, 0.1) is 13.8 Å². The fourth-order valence-corrected chi connectivity index (χ4v) is 5.58. The fourth-order valence-electron chi connectivity index (χ4n) is 3.91. The topological polar surface area (TPSA) is 118 Å². The van der Waals surface area contributed by atoms with Crippen molar-refractivity contribution in [3.8, 4) is 0 Å². The zero-order chi connectivity index (χ0) is 21.0. The largest absolute Gasteiger partial charge is 0.480 e. The van der Waals surface area contributed by atoms with Gasteiger partial charge in [-0.2, -0.15) is 0 Å². The van der Waals surface area contributed by atoms with Gasteiger partial charge in [-0.3, -0.25) is 14.4 Å². The number of thioether (sulfide) groups is 1. The lowest BCUT2D eigenvalue weighted by molar-refractivity contribution is -0.201. The third-order valence-corrected chi connectivity index (χ3v) is 6.85. The summed E-state index contributed by atoms with van der Waals surface area (Å²) in [5, 5.41) is 11.5. The molecule has 2 fully saturated rings. The lowest BCUT2D eigenvalue weighted by Crippen LogP contribution is -2.80. The molecule has 9 nitrogen and oxygen atoms in total. The van der Waals surface area contributed by atoms with Crippen molar-refractivity contribution in [1.29, 1.82) is 0 Å². The van der Waals surface area contributed by atoms with E-state index in [1.54, 1.807) is 32.3 Å². The SMILES string of the molecule is CO[C@]1(NC(=O)Cn2c(C)cc(=O)cc2C)C(=O)N2[C@@H](C(=O)O)C(C)(C)S[C@@H]21. The number of aliphatic carboxylic acids is 1. The number of amides is 2. The minimum Gasteiger partial charge on any atom is -0.480 e. The first-order valence-electron chi connectivity index (χ1n) is 8.72. The number of aryl methyl sites for hydroxylation is 2. The van der Waals surface area contributed by atoms with Crippen LogP contribution in [-0.4, -0.2) is 61.4 Å². The first-order valence-corrected chi connectivity index (χ1v) is 9.60. The number of carboxylic acid groups (broad SMARTS) is 1. The molecule has 0 aliphatic carbocycles. The number of fused-ring (bicyclic) bond motifs is 1. The van der Waals surface area contributed by atoms with Crippen LogP contribution in [0.3, 0.4) is 0 Å². The summed E-state index contributed by atoms with van der Waals surface area (Å²) in [4.78, 5) is 50.0. The van der Waals surface area contributed by atoms with Crippen LogP contribution in [-0.2, 0) is 25.7 Å². The Morgan fingerprint density at radius 1 is 1.25 bits per heavy atom. The molecule has 0 radical (unpaired) electrons. The molecule has 0 bridgehead atoms. The zero-order valence-corrected chi connectivity index (χ0v) is 17.1. The smallest absolute Gasteiger partial charge is 0.327 e. The van der Waals surface area contributed by atoms with E-state index in [1.807, 2.05) is 0 Å². The van der Waals surface area contributed by atoms with Crippen molar-refractivity contribution in [3.63, 3.8) is 0 Å². The number of carboxylic acids is 1. The molecule has 0 unspecified atom stereocenters. The van der Waals surface area contributed by atoms with Crippen LogP contribution in [0.5, 0.6) is 0 Å². The third kappa shape index (κ3) is 2.91. The Labute approximate surface area is 166 Å². The van der Waals surface area contributed by atoms with Crippen LogP contribution >= 0.6 is 11.8 Å². The summed E-state index contributed by atoms with van der Waals surface area (Å²) < 4.78 is 6.34. The van der Waals surface area contributed by atoms with Gasteiger partial charge < -0.3 is 24.6 Å². The molecule has 2 amide bonds. The van der Waals surface area contributed by atoms with Crippen molar-refractivity contribution in [1.82, 2.24) is 14.8 Å². The predicted octanol–water partition coefficient (Wildman–Crippen LogP) is 0.0709. The summed E-state index contributed by atoms with van der Waals surface area (Å²) in [7, 11) is 1.31. The van der Waals surface area contributed by atoms with Gasteiger partial charge in [0.1, 0.15) is 18.0 Å².